The fraction of sp³-hybridized carbons (Fsp3) is 0.167. The molecule has 0 radical (unpaired) electrons. The van der Waals surface area contributed by atoms with E-state index in [1.165, 1.54) is 60.7 Å². The van der Waals surface area contributed by atoms with Gasteiger partial charge in [0.15, 0.2) is 9.84 Å². The van der Waals surface area contributed by atoms with Gasteiger partial charge in [-0.15, -0.1) is 13.2 Å². The number of sulfone groups is 1. The summed E-state index contributed by atoms with van der Waals surface area (Å²) in [5, 5.41) is 19.2. The van der Waals surface area contributed by atoms with Crippen LogP contribution in [0.5, 0.6) is 17.2 Å². The molecule has 0 aliphatic heterocycles. The fourth-order valence-corrected chi connectivity index (χ4v) is 4.80. The summed E-state index contributed by atoms with van der Waals surface area (Å²) in [6.45, 7) is 0. The summed E-state index contributed by atoms with van der Waals surface area (Å²) in [5.41, 5.74) is 0.526. The largest absolute Gasteiger partial charge is 0.573 e. The van der Waals surface area contributed by atoms with Gasteiger partial charge in [-0.3, -0.25) is 10.0 Å². The Kier molecular flexibility index (Phi) is 8.40. The summed E-state index contributed by atoms with van der Waals surface area (Å²) in [6.07, 6.45) is -4.82. The van der Waals surface area contributed by atoms with Gasteiger partial charge in [0.25, 0.3) is 0 Å². The summed E-state index contributed by atoms with van der Waals surface area (Å²) in [5.74, 6) is -1.82. The maximum absolute atomic E-state index is 12.9. The highest BCUT2D eigenvalue weighted by Gasteiger charge is 2.31. The number of rotatable bonds is 11. The van der Waals surface area contributed by atoms with E-state index in [0.717, 1.165) is 12.1 Å². The minimum Gasteiger partial charge on any atom is -0.478 e. The Hall–Kier alpha value is -4.10. The Labute approximate surface area is 209 Å². The summed E-state index contributed by atoms with van der Waals surface area (Å²) < 4.78 is 71.9. The molecule has 3 rings (SSSR count). The van der Waals surface area contributed by atoms with Gasteiger partial charge in [-0.1, -0.05) is 12.1 Å². The van der Waals surface area contributed by atoms with Crippen LogP contribution in [-0.4, -0.2) is 54.3 Å². The molecule has 1 unspecified atom stereocenters. The van der Waals surface area contributed by atoms with Crippen molar-refractivity contribution < 1.29 is 51.0 Å². The summed E-state index contributed by atoms with van der Waals surface area (Å²) in [6, 6.07) is 14.2. The van der Waals surface area contributed by atoms with Crippen LogP contribution in [0.4, 0.5) is 13.2 Å². The van der Waals surface area contributed by atoms with Crippen molar-refractivity contribution in [1.29, 1.82) is 0 Å². The lowest BCUT2D eigenvalue weighted by Gasteiger charge is -2.22. The molecule has 0 spiro atoms. The molecule has 1 amide bonds. The number of amides is 1. The van der Waals surface area contributed by atoms with Crippen LogP contribution >= 0.6 is 0 Å². The zero-order valence-corrected chi connectivity index (χ0v) is 19.6. The smallest absolute Gasteiger partial charge is 0.478 e. The molecule has 0 bridgehead atoms. The summed E-state index contributed by atoms with van der Waals surface area (Å²) in [7, 11) is -4.00. The van der Waals surface area contributed by atoms with Crippen molar-refractivity contribution in [3.8, 4) is 17.2 Å². The molecular formula is C24H20F3NO8S. The van der Waals surface area contributed by atoms with Crippen LogP contribution in [0, 0.1) is 0 Å². The van der Waals surface area contributed by atoms with Crippen LogP contribution in [-0.2, 0) is 21.1 Å². The van der Waals surface area contributed by atoms with Crippen molar-refractivity contribution in [1.82, 2.24) is 5.06 Å². The molecule has 3 aromatic rings. The highest BCUT2D eigenvalue weighted by molar-refractivity contribution is 7.91. The van der Waals surface area contributed by atoms with Crippen molar-refractivity contribution in [2.45, 2.75) is 23.7 Å². The average Bonchev–Trinajstić information content (AvgIpc) is 2.84. The van der Waals surface area contributed by atoms with Gasteiger partial charge in [-0.05, 0) is 72.6 Å². The Bertz CT molecular complexity index is 1330. The van der Waals surface area contributed by atoms with Crippen molar-refractivity contribution in [3.05, 3.63) is 83.9 Å². The van der Waals surface area contributed by atoms with Crippen molar-refractivity contribution >= 4 is 22.2 Å². The lowest BCUT2D eigenvalue weighted by Crippen LogP contribution is -2.38. The first-order chi connectivity index (χ1) is 17.4. The van der Waals surface area contributed by atoms with Crippen LogP contribution < -0.4 is 9.47 Å². The Morgan fingerprint density at radius 1 is 0.919 bits per heavy atom. The summed E-state index contributed by atoms with van der Waals surface area (Å²) in [4.78, 5) is 22.0. The molecule has 37 heavy (non-hydrogen) atoms. The molecule has 0 fully saturated rings. The van der Waals surface area contributed by atoms with E-state index in [2.05, 4.69) is 4.74 Å². The zero-order chi connectivity index (χ0) is 27.2. The Morgan fingerprint density at radius 3 is 1.92 bits per heavy atom. The van der Waals surface area contributed by atoms with E-state index in [0.29, 0.717) is 5.56 Å². The lowest BCUT2D eigenvalue weighted by molar-refractivity contribution is -0.274. The third kappa shape index (κ3) is 7.95. The molecule has 13 heteroatoms. The van der Waals surface area contributed by atoms with Crippen molar-refractivity contribution in [3.63, 3.8) is 0 Å². The third-order valence-corrected chi connectivity index (χ3v) is 6.86. The predicted molar refractivity (Wildman–Crippen MR) is 122 cm³/mol. The van der Waals surface area contributed by atoms with Gasteiger partial charge in [0.2, 0.25) is 6.41 Å². The second-order valence-corrected chi connectivity index (χ2v) is 9.75. The van der Waals surface area contributed by atoms with E-state index in [-0.39, 0.29) is 39.9 Å². The fourth-order valence-electron chi connectivity index (χ4n) is 3.28. The number of carbonyl (C=O) groups is 2. The number of hydrogen-bond donors (Lipinski definition) is 2. The van der Waals surface area contributed by atoms with E-state index in [4.69, 9.17) is 9.84 Å². The maximum Gasteiger partial charge on any atom is 0.573 e. The van der Waals surface area contributed by atoms with Gasteiger partial charge in [0, 0.05) is 0 Å². The van der Waals surface area contributed by atoms with Gasteiger partial charge >= 0.3 is 12.3 Å². The first-order valence-corrected chi connectivity index (χ1v) is 12.1. The predicted octanol–water partition coefficient (Wildman–Crippen LogP) is 4.31. The van der Waals surface area contributed by atoms with Crippen molar-refractivity contribution in [2.75, 3.05) is 5.75 Å². The van der Waals surface area contributed by atoms with Gasteiger partial charge < -0.3 is 14.6 Å². The number of hydrogen-bond acceptors (Lipinski definition) is 7. The zero-order valence-electron chi connectivity index (χ0n) is 18.8. The number of carbonyl (C=O) groups excluding carboxylic acids is 1. The van der Waals surface area contributed by atoms with Gasteiger partial charge in [0.05, 0.1) is 22.3 Å². The number of alkyl halides is 3. The SMILES string of the molecule is O=CN(O)C(Cc1ccc(C(=O)O)cc1)CS(=O)(=O)c1ccc(Oc2ccc(OC(F)(F)F)cc2)cc1. The minimum atomic E-state index is -4.83. The Balaban J connectivity index is 1.69. The van der Waals surface area contributed by atoms with Gasteiger partial charge in [-0.2, -0.15) is 0 Å². The maximum atomic E-state index is 12.9. The first-order valence-electron chi connectivity index (χ1n) is 10.5. The van der Waals surface area contributed by atoms with E-state index in [1.807, 2.05) is 0 Å². The molecule has 0 aromatic heterocycles. The highest BCUT2D eigenvalue weighted by Crippen LogP contribution is 2.28. The number of benzene rings is 3. The lowest BCUT2D eigenvalue weighted by atomic mass is 10.1. The number of hydroxylamine groups is 2. The van der Waals surface area contributed by atoms with Crippen LogP contribution in [0.15, 0.2) is 77.7 Å². The van der Waals surface area contributed by atoms with E-state index in [1.54, 1.807) is 0 Å². The number of ether oxygens (including phenoxy) is 2. The topological polar surface area (TPSA) is 130 Å². The molecular weight excluding hydrogens is 519 g/mol. The highest BCUT2D eigenvalue weighted by atomic mass is 32.2. The number of carboxylic acid groups (broad SMARTS) is 1. The molecule has 1 atom stereocenters. The molecule has 0 aliphatic rings. The van der Waals surface area contributed by atoms with Gasteiger partial charge in [0.1, 0.15) is 17.2 Å². The quantitative estimate of drug-likeness (QED) is 0.210. The van der Waals surface area contributed by atoms with Crippen LogP contribution in [0.3, 0.4) is 0 Å². The molecule has 196 valence electrons. The van der Waals surface area contributed by atoms with Crippen molar-refractivity contribution in [2.24, 2.45) is 0 Å². The monoisotopic (exact) mass is 539 g/mol. The second-order valence-electron chi connectivity index (χ2n) is 7.72. The number of nitrogens with zero attached hydrogens (tertiary/aromatic N) is 1. The van der Waals surface area contributed by atoms with E-state index in [9.17, 15) is 36.4 Å². The normalized spacial score (nSPS) is 12.4. The first kappa shape index (κ1) is 27.5. The second kappa shape index (κ2) is 11.3. The molecule has 9 nitrogen and oxygen atoms in total. The average molecular weight is 539 g/mol. The molecule has 0 heterocycles. The van der Waals surface area contributed by atoms with Gasteiger partial charge in [-0.25, -0.2) is 18.3 Å². The van der Waals surface area contributed by atoms with Crippen LogP contribution in [0.2, 0.25) is 0 Å². The Morgan fingerprint density at radius 2 is 1.43 bits per heavy atom. The number of aromatic carboxylic acids is 1. The standard InChI is InChI=1S/C24H20F3NO8S/c25-24(26,27)36-21-7-5-19(6-8-21)35-20-9-11-22(12-10-20)37(33,34)14-18(28(32)15-29)13-16-1-3-17(4-2-16)23(30)31/h1-12,15,18,32H,13-14H2,(H,30,31). The van der Waals surface area contributed by atoms with Crippen LogP contribution in [0.1, 0.15) is 15.9 Å². The van der Waals surface area contributed by atoms with E-state index < -0.39 is 39.7 Å². The van der Waals surface area contributed by atoms with E-state index >= 15 is 0 Å². The minimum absolute atomic E-state index is 0.0251. The molecule has 3 aromatic carbocycles. The molecule has 2 N–H and O–H groups in total. The number of halogens is 3. The summed E-state index contributed by atoms with van der Waals surface area (Å²) >= 11 is 0. The number of carboxylic acids is 1. The molecule has 0 saturated carbocycles. The van der Waals surface area contributed by atoms with Crippen LogP contribution in [0.25, 0.3) is 0 Å². The molecule has 0 saturated heterocycles. The molecule has 0 aliphatic carbocycles. The third-order valence-electron chi connectivity index (χ3n) is 5.04.